The van der Waals surface area contributed by atoms with Gasteiger partial charge in [-0.15, -0.1) is 0 Å². The van der Waals surface area contributed by atoms with Gasteiger partial charge < -0.3 is 9.47 Å². The van der Waals surface area contributed by atoms with Crippen molar-refractivity contribution in [1.29, 1.82) is 0 Å². The molecule has 1 aliphatic heterocycles. The Bertz CT molecular complexity index is 789. The number of hydrogen-bond acceptors (Lipinski definition) is 7. The van der Waals surface area contributed by atoms with Crippen LogP contribution in [0.2, 0.25) is 0 Å². The van der Waals surface area contributed by atoms with Gasteiger partial charge in [-0.3, -0.25) is 0 Å². The lowest BCUT2D eigenvalue weighted by molar-refractivity contribution is -0.140. The molecule has 4 atom stereocenters. The lowest BCUT2D eigenvalue weighted by atomic mass is 9.71. The molecule has 4 aliphatic rings. The van der Waals surface area contributed by atoms with Crippen molar-refractivity contribution in [2.24, 2.45) is 22.2 Å². The van der Waals surface area contributed by atoms with E-state index in [9.17, 15) is 9.59 Å². The second-order valence-electron chi connectivity index (χ2n) is 6.82. The molecule has 1 heterocycles. The van der Waals surface area contributed by atoms with Crippen LogP contribution < -0.4 is 5.01 Å². The largest absolute Gasteiger partial charge is 0.466 e. The van der Waals surface area contributed by atoms with E-state index in [0.717, 1.165) is 24.9 Å². The number of rotatable bonds is 3. The smallest absolute Gasteiger partial charge is 0.334 e. The predicted molar refractivity (Wildman–Crippen MR) is 93.2 cm³/mol. The van der Waals surface area contributed by atoms with E-state index >= 15 is 0 Å². The van der Waals surface area contributed by atoms with Gasteiger partial charge in [0.25, 0.3) is 0 Å². The number of fused-ring (bicyclic) bond motifs is 2. The molecule has 4 unspecified atom stereocenters. The Morgan fingerprint density at radius 3 is 2.27 bits per heavy atom. The van der Waals surface area contributed by atoms with Gasteiger partial charge in [0.15, 0.2) is 0 Å². The average Bonchev–Trinajstić information content (AvgIpc) is 2.94. The molecule has 0 aromatic heterocycles. The zero-order chi connectivity index (χ0) is 18.3. The Hall–Kier alpha value is -2.70. The molecule has 0 N–H and O–H groups in total. The van der Waals surface area contributed by atoms with E-state index in [1.54, 1.807) is 0 Å². The van der Waals surface area contributed by atoms with Crippen LogP contribution in [-0.4, -0.2) is 38.2 Å². The van der Waals surface area contributed by atoms with Crippen LogP contribution in [0.1, 0.15) is 19.3 Å². The topological polar surface area (TPSA) is 80.6 Å². The molecule has 2 bridgehead atoms. The third kappa shape index (κ3) is 2.41. The summed E-state index contributed by atoms with van der Waals surface area (Å²) in [6, 6.07) is 9.54. The van der Waals surface area contributed by atoms with Crippen molar-refractivity contribution in [2.45, 2.75) is 31.3 Å². The summed E-state index contributed by atoms with van der Waals surface area (Å²) in [4.78, 5) is 25.1. The van der Waals surface area contributed by atoms with E-state index in [-0.39, 0.29) is 23.9 Å². The monoisotopic (exact) mass is 355 g/mol. The van der Waals surface area contributed by atoms with Gasteiger partial charge in [-0.1, -0.05) is 29.8 Å². The van der Waals surface area contributed by atoms with Crippen LogP contribution in [0.4, 0.5) is 5.69 Å². The average molecular weight is 355 g/mol. The molecular weight excluding hydrogens is 334 g/mol. The molecule has 3 aliphatic carbocycles. The number of hydrogen-bond donors (Lipinski definition) is 0. The third-order valence-electron chi connectivity index (χ3n) is 5.63. The summed E-state index contributed by atoms with van der Waals surface area (Å²) in [6.07, 6.45) is 2.49. The number of ether oxygens (including phenoxy) is 2. The molecule has 0 spiro atoms. The van der Waals surface area contributed by atoms with Gasteiger partial charge in [-0.2, -0.15) is 5.11 Å². The lowest BCUT2D eigenvalue weighted by Crippen LogP contribution is -2.50. The van der Waals surface area contributed by atoms with Gasteiger partial charge in [0.2, 0.25) is 0 Å². The highest BCUT2D eigenvalue weighted by Gasteiger charge is 2.55. The van der Waals surface area contributed by atoms with Gasteiger partial charge >= 0.3 is 11.9 Å². The van der Waals surface area contributed by atoms with Crippen LogP contribution in [0, 0.1) is 11.8 Å². The Balaban J connectivity index is 1.84. The molecule has 1 saturated carbocycles. The van der Waals surface area contributed by atoms with Crippen molar-refractivity contribution in [3.05, 3.63) is 41.5 Å². The zero-order valence-electron chi connectivity index (χ0n) is 14.8. The number of carbonyl (C=O) groups is 2. The molecule has 7 nitrogen and oxygen atoms in total. The SMILES string of the molecule is COC(=O)C1=C(C(=O)OC)C2CCCC1C1N=NN(c3ccccc3)C21. The summed E-state index contributed by atoms with van der Waals surface area (Å²) in [6.45, 7) is 0. The van der Waals surface area contributed by atoms with Gasteiger partial charge in [-0.05, 0) is 25.0 Å². The first kappa shape index (κ1) is 16.8. The number of methoxy groups -OCH3 is 2. The number of para-hydroxylation sites is 1. The minimum absolute atomic E-state index is 0.0904. The second kappa shape index (κ2) is 6.55. The molecule has 26 heavy (non-hydrogen) atoms. The normalized spacial score (nSPS) is 29.4. The molecule has 136 valence electrons. The molecule has 1 aromatic carbocycles. The molecule has 7 heteroatoms. The Kier molecular flexibility index (Phi) is 4.22. The molecule has 0 radical (unpaired) electrons. The fourth-order valence-corrected chi connectivity index (χ4v) is 4.59. The predicted octanol–water partition coefficient (Wildman–Crippen LogP) is 2.68. The Labute approximate surface area is 151 Å². The highest BCUT2D eigenvalue weighted by atomic mass is 16.5. The van der Waals surface area contributed by atoms with E-state index < -0.39 is 11.9 Å². The maximum absolute atomic E-state index is 12.6. The van der Waals surface area contributed by atoms with E-state index in [2.05, 4.69) is 10.3 Å². The number of benzene rings is 1. The summed E-state index contributed by atoms with van der Waals surface area (Å²) in [7, 11) is 2.69. The summed E-state index contributed by atoms with van der Waals surface area (Å²) in [5.41, 5.74) is 1.80. The van der Waals surface area contributed by atoms with Gasteiger partial charge in [0.05, 0.1) is 37.1 Å². The van der Waals surface area contributed by atoms with Crippen LogP contribution in [0.3, 0.4) is 0 Å². The van der Waals surface area contributed by atoms with Crippen LogP contribution in [0.15, 0.2) is 51.8 Å². The van der Waals surface area contributed by atoms with E-state index in [0.29, 0.717) is 11.1 Å². The quantitative estimate of drug-likeness (QED) is 0.779. The first-order valence-electron chi connectivity index (χ1n) is 8.83. The Morgan fingerprint density at radius 1 is 1.00 bits per heavy atom. The molecule has 1 aromatic rings. The second-order valence-corrected chi connectivity index (χ2v) is 6.82. The number of nitrogens with zero attached hydrogens (tertiary/aromatic N) is 3. The van der Waals surface area contributed by atoms with E-state index in [1.165, 1.54) is 14.2 Å². The van der Waals surface area contributed by atoms with Crippen LogP contribution in [0.25, 0.3) is 0 Å². The van der Waals surface area contributed by atoms with Crippen molar-refractivity contribution in [2.75, 3.05) is 19.2 Å². The molecular formula is C19H21N3O4. The van der Waals surface area contributed by atoms with Gasteiger partial charge in [0.1, 0.15) is 6.04 Å². The van der Waals surface area contributed by atoms with Crippen molar-refractivity contribution < 1.29 is 19.1 Å². The van der Waals surface area contributed by atoms with Crippen LogP contribution in [0.5, 0.6) is 0 Å². The van der Waals surface area contributed by atoms with Crippen molar-refractivity contribution in [3.8, 4) is 0 Å². The summed E-state index contributed by atoms with van der Waals surface area (Å²) in [5.74, 6) is -1.27. The van der Waals surface area contributed by atoms with Crippen molar-refractivity contribution >= 4 is 17.6 Å². The van der Waals surface area contributed by atoms with Crippen molar-refractivity contribution in [1.82, 2.24) is 0 Å². The molecule has 0 amide bonds. The molecule has 5 rings (SSSR count). The molecule has 0 saturated heterocycles. The minimum atomic E-state index is -0.464. The summed E-state index contributed by atoms with van der Waals surface area (Å²) >= 11 is 0. The number of esters is 2. The first-order chi connectivity index (χ1) is 12.7. The lowest BCUT2D eigenvalue weighted by Gasteiger charge is -2.38. The fourth-order valence-electron chi connectivity index (χ4n) is 4.59. The van der Waals surface area contributed by atoms with Gasteiger partial charge in [0, 0.05) is 11.8 Å². The van der Waals surface area contributed by atoms with E-state index in [4.69, 9.17) is 9.47 Å². The summed E-state index contributed by atoms with van der Waals surface area (Å²) in [5, 5.41) is 10.8. The maximum atomic E-state index is 12.6. The molecule has 1 fully saturated rings. The third-order valence-corrected chi connectivity index (χ3v) is 5.63. The Morgan fingerprint density at radius 2 is 1.62 bits per heavy atom. The van der Waals surface area contributed by atoms with Crippen LogP contribution >= 0.6 is 0 Å². The minimum Gasteiger partial charge on any atom is -0.466 e. The van der Waals surface area contributed by atoms with Crippen molar-refractivity contribution in [3.63, 3.8) is 0 Å². The standard InChI is InChI=1S/C19H21N3O4/c1-25-18(23)14-12-9-6-10-13(15(14)19(24)26-2)17-16(12)20-21-22(17)11-7-4-3-5-8-11/h3-5,7-8,12-13,16-17H,6,9-10H2,1-2H3. The first-order valence-corrected chi connectivity index (χ1v) is 8.83. The summed E-state index contributed by atoms with van der Waals surface area (Å²) < 4.78 is 10.0. The van der Waals surface area contributed by atoms with E-state index in [1.807, 2.05) is 35.3 Å². The number of anilines is 1. The maximum Gasteiger partial charge on any atom is 0.334 e. The zero-order valence-corrected chi connectivity index (χ0v) is 14.8. The highest BCUT2D eigenvalue weighted by Crippen LogP contribution is 2.50. The van der Waals surface area contributed by atoms with Gasteiger partial charge in [-0.25, -0.2) is 14.6 Å². The highest BCUT2D eigenvalue weighted by molar-refractivity contribution is 6.02. The van der Waals surface area contributed by atoms with Crippen LogP contribution in [-0.2, 0) is 19.1 Å². The fraction of sp³-hybridized carbons (Fsp3) is 0.474. The number of carbonyl (C=O) groups excluding carboxylic acids is 2.